The van der Waals surface area contributed by atoms with Gasteiger partial charge in [-0.05, 0) is 31.6 Å². The average Bonchev–Trinajstić information content (AvgIpc) is 2.33. The van der Waals surface area contributed by atoms with Crippen LogP contribution in [0, 0.1) is 5.92 Å². The Balaban J connectivity index is 2.23. The molecule has 0 aromatic carbocycles. The van der Waals surface area contributed by atoms with Gasteiger partial charge in [-0.15, -0.1) is 0 Å². The molecule has 1 aliphatic carbocycles. The van der Waals surface area contributed by atoms with E-state index >= 15 is 0 Å². The highest BCUT2D eigenvalue weighted by molar-refractivity contribution is 4.88. The average molecular weight is 155 g/mol. The van der Waals surface area contributed by atoms with Crippen molar-refractivity contribution in [3.63, 3.8) is 0 Å². The Labute approximate surface area is 70.4 Å². The monoisotopic (exact) mass is 155 g/mol. The zero-order chi connectivity index (χ0) is 8.32. The van der Waals surface area contributed by atoms with E-state index in [-0.39, 0.29) is 5.54 Å². The summed E-state index contributed by atoms with van der Waals surface area (Å²) in [5, 5.41) is 0. The summed E-state index contributed by atoms with van der Waals surface area (Å²) in [7, 11) is 0. The van der Waals surface area contributed by atoms with Crippen molar-refractivity contribution in [2.24, 2.45) is 11.7 Å². The first-order chi connectivity index (χ1) is 5.12. The molecule has 1 nitrogen and oxygen atoms in total. The van der Waals surface area contributed by atoms with E-state index in [1.807, 2.05) is 0 Å². The van der Waals surface area contributed by atoms with Crippen LogP contribution in [0.2, 0.25) is 0 Å². The second-order valence-electron chi connectivity index (χ2n) is 4.50. The minimum absolute atomic E-state index is 0.226. The highest BCUT2D eigenvalue weighted by Gasteiger charge is 2.28. The van der Waals surface area contributed by atoms with E-state index in [0.717, 1.165) is 5.92 Å². The van der Waals surface area contributed by atoms with Gasteiger partial charge in [-0.25, -0.2) is 0 Å². The Morgan fingerprint density at radius 3 is 2.27 bits per heavy atom. The molecule has 0 spiro atoms. The standard InChI is InChI=1S/C10H21N/c1-9(2)5-8-10(11)6-3-4-7-10/h9H,3-8,11H2,1-2H3. The first kappa shape index (κ1) is 9.05. The van der Waals surface area contributed by atoms with Gasteiger partial charge in [-0.1, -0.05) is 26.7 Å². The fourth-order valence-electron chi connectivity index (χ4n) is 1.91. The molecule has 1 rings (SSSR count). The van der Waals surface area contributed by atoms with Gasteiger partial charge < -0.3 is 5.73 Å². The molecule has 0 radical (unpaired) electrons. The molecule has 1 heteroatoms. The predicted molar refractivity (Wildman–Crippen MR) is 49.5 cm³/mol. The molecule has 0 aromatic heterocycles. The highest BCUT2D eigenvalue weighted by Crippen LogP contribution is 2.31. The zero-order valence-electron chi connectivity index (χ0n) is 7.90. The van der Waals surface area contributed by atoms with Crippen molar-refractivity contribution in [2.75, 3.05) is 0 Å². The molecular formula is C10H21N. The molecule has 0 aliphatic heterocycles. The number of hydrogen-bond acceptors (Lipinski definition) is 1. The quantitative estimate of drug-likeness (QED) is 0.666. The Morgan fingerprint density at radius 2 is 1.82 bits per heavy atom. The Morgan fingerprint density at radius 1 is 1.27 bits per heavy atom. The molecule has 0 saturated heterocycles. The highest BCUT2D eigenvalue weighted by atomic mass is 14.7. The summed E-state index contributed by atoms with van der Waals surface area (Å²) < 4.78 is 0. The third-order valence-electron chi connectivity index (χ3n) is 2.82. The van der Waals surface area contributed by atoms with Crippen LogP contribution >= 0.6 is 0 Å². The van der Waals surface area contributed by atoms with Crippen LogP contribution in [0.4, 0.5) is 0 Å². The molecule has 0 aromatic rings. The van der Waals surface area contributed by atoms with Gasteiger partial charge in [0.1, 0.15) is 0 Å². The molecule has 66 valence electrons. The van der Waals surface area contributed by atoms with Gasteiger partial charge in [0.25, 0.3) is 0 Å². The van der Waals surface area contributed by atoms with Crippen LogP contribution in [0.25, 0.3) is 0 Å². The zero-order valence-corrected chi connectivity index (χ0v) is 7.90. The van der Waals surface area contributed by atoms with Crippen LogP contribution in [0.5, 0.6) is 0 Å². The SMILES string of the molecule is CC(C)CCC1(N)CCCC1. The summed E-state index contributed by atoms with van der Waals surface area (Å²) in [6.07, 6.45) is 7.78. The maximum atomic E-state index is 6.21. The van der Waals surface area contributed by atoms with Gasteiger partial charge >= 0.3 is 0 Å². The predicted octanol–water partition coefficient (Wildman–Crippen LogP) is 2.69. The lowest BCUT2D eigenvalue weighted by Gasteiger charge is -2.24. The van der Waals surface area contributed by atoms with Gasteiger partial charge in [0, 0.05) is 5.54 Å². The molecule has 11 heavy (non-hydrogen) atoms. The fourth-order valence-corrected chi connectivity index (χ4v) is 1.91. The van der Waals surface area contributed by atoms with E-state index in [2.05, 4.69) is 13.8 Å². The molecule has 1 saturated carbocycles. The molecule has 0 heterocycles. The molecule has 1 fully saturated rings. The molecular weight excluding hydrogens is 134 g/mol. The van der Waals surface area contributed by atoms with Crippen LogP contribution in [0.1, 0.15) is 52.4 Å². The van der Waals surface area contributed by atoms with E-state index in [4.69, 9.17) is 5.73 Å². The van der Waals surface area contributed by atoms with Crippen LogP contribution < -0.4 is 5.73 Å². The first-order valence-electron chi connectivity index (χ1n) is 4.91. The summed E-state index contributed by atoms with van der Waals surface area (Å²) in [6, 6.07) is 0. The van der Waals surface area contributed by atoms with E-state index in [1.165, 1.54) is 38.5 Å². The molecule has 1 aliphatic rings. The lowest BCUT2D eigenvalue weighted by Crippen LogP contribution is -2.36. The summed E-state index contributed by atoms with van der Waals surface area (Å²) in [6.45, 7) is 4.55. The van der Waals surface area contributed by atoms with E-state index in [1.54, 1.807) is 0 Å². The molecule has 0 amide bonds. The molecule has 0 bridgehead atoms. The van der Waals surface area contributed by atoms with E-state index in [9.17, 15) is 0 Å². The van der Waals surface area contributed by atoms with Gasteiger partial charge in [0.15, 0.2) is 0 Å². The lowest BCUT2D eigenvalue weighted by molar-refractivity contribution is 0.364. The number of rotatable bonds is 3. The summed E-state index contributed by atoms with van der Waals surface area (Å²) >= 11 is 0. The van der Waals surface area contributed by atoms with Crippen molar-refractivity contribution in [3.8, 4) is 0 Å². The maximum absolute atomic E-state index is 6.21. The van der Waals surface area contributed by atoms with Gasteiger partial charge in [-0.2, -0.15) is 0 Å². The Hall–Kier alpha value is -0.0400. The summed E-state index contributed by atoms with van der Waals surface area (Å²) in [4.78, 5) is 0. The van der Waals surface area contributed by atoms with Crippen molar-refractivity contribution >= 4 is 0 Å². The van der Waals surface area contributed by atoms with Crippen molar-refractivity contribution in [2.45, 2.75) is 57.9 Å². The summed E-state index contributed by atoms with van der Waals surface area (Å²) in [5.41, 5.74) is 6.43. The van der Waals surface area contributed by atoms with Crippen molar-refractivity contribution < 1.29 is 0 Å². The molecule has 2 N–H and O–H groups in total. The topological polar surface area (TPSA) is 26.0 Å². The minimum atomic E-state index is 0.226. The lowest BCUT2D eigenvalue weighted by atomic mass is 9.90. The van der Waals surface area contributed by atoms with Gasteiger partial charge in [0.05, 0.1) is 0 Å². The largest absolute Gasteiger partial charge is 0.325 e. The smallest absolute Gasteiger partial charge is 0.0154 e. The molecule has 0 unspecified atom stereocenters. The van der Waals surface area contributed by atoms with Crippen LogP contribution in [-0.4, -0.2) is 5.54 Å². The molecule has 0 atom stereocenters. The Bertz CT molecular complexity index is 112. The first-order valence-corrected chi connectivity index (χ1v) is 4.91. The van der Waals surface area contributed by atoms with Crippen molar-refractivity contribution in [1.29, 1.82) is 0 Å². The van der Waals surface area contributed by atoms with Crippen LogP contribution in [-0.2, 0) is 0 Å². The van der Waals surface area contributed by atoms with E-state index in [0.29, 0.717) is 0 Å². The fraction of sp³-hybridized carbons (Fsp3) is 1.00. The van der Waals surface area contributed by atoms with Crippen molar-refractivity contribution in [3.05, 3.63) is 0 Å². The van der Waals surface area contributed by atoms with Crippen LogP contribution in [0.15, 0.2) is 0 Å². The third kappa shape index (κ3) is 2.82. The van der Waals surface area contributed by atoms with Crippen LogP contribution in [0.3, 0.4) is 0 Å². The third-order valence-corrected chi connectivity index (χ3v) is 2.82. The number of hydrogen-bond donors (Lipinski definition) is 1. The minimum Gasteiger partial charge on any atom is -0.325 e. The van der Waals surface area contributed by atoms with Gasteiger partial charge in [0.2, 0.25) is 0 Å². The summed E-state index contributed by atoms with van der Waals surface area (Å²) in [5.74, 6) is 0.816. The Kier molecular flexibility index (Phi) is 2.94. The second-order valence-corrected chi connectivity index (χ2v) is 4.50. The number of nitrogens with two attached hydrogens (primary N) is 1. The second kappa shape index (κ2) is 3.57. The van der Waals surface area contributed by atoms with E-state index < -0.39 is 0 Å². The maximum Gasteiger partial charge on any atom is 0.0154 e. The van der Waals surface area contributed by atoms with Crippen molar-refractivity contribution in [1.82, 2.24) is 0 Å². The van der Waals surface area contributed by atoms with Gasteiger partial charge in [-0.3, -0.25) is 0 Å². The normalized spacial score (nSPS) is 22.9.